The summed E-state index contributed by atoms with van der Waals surface area (Å²) in [5, 5.41) is 3.33. The number of hydrogen-bond donors (Lipinski definition) is 0. The Labute approximate surface area is 277 Å². The van der Waals surface area contributed by atoms with Gasteiger partial charge < -0.3 is 0 Å². The second-order valence-electron chi connectivity index (χ2n) is 12.4. The molecule has 4 heteroatoms. The van der Waals surface area contributed by atoms with E-state index in [1.807, 2.05) is 0 Å². The van der Waals surface area contributed by atoms with Crippen LogP contribution in [0.3, 0.4) is 0 Å². The summed E-state index contributed by atoms with van der Waals surface area (Å²) in [6.07, 6.45) is 0. The Kier molecular flexibility index (Phi) is 6.24. The molecule has 216 valence electrons. The summed E-state index contributed by atoms with van der Waals surface area (Å²) in [5.41, 5.74) is 9.59. The first-order chi connectivity index (χ1) is 22.0. The molecule has 9 rings (SSSR count). The van der Waals surface area contributed by atoms with Crippen LogP contribution in [0.15, 0.2) is 144 Å². The van der Waals surface area contributed by atoms with Crippen LogP contribution in [-0.2, 0) is 9.98 Å². The van der Waals surface area contributed by atoms with Gasteiger partial charge in [0.1, 0.15) is 0 Å². The van der Waals surface area contributed by atoms with E-state index in [0.717, 1.165) is 15.9 Å². The van der Waals surface area contributed by atoms with E-state index in [-0.39, 0.29) is 35.3 Å². The van der Waals surface area contributed by atoms with E-state index in [4.69, 9.17) is 0 Å². The molecule has 6 aromatic carbocycles. The predicted molar refractivity (Wildman–Crippen MR) is 193 cm³/mol. The van der Waals surface area contributed by atoms with E-state index < -0.39 is 7.14 Å². The van der Waals surface area contributed by atoms with E-state index in [9.17, 15) is 0 Å². The predicted octanol–water partition coefficient (Wildman–Crippen LogP) is 6.97. The third-order valence-corrected chi connectivity index (χ3v) is 19.8. The first-order valence-corrected chi connectivity index (χ1v) is 20.4. The number of rotatable bonds is 3. The Morgan fingerprint density at radius 2 is 1.09 bits per heavy atom. The molecule has 0 spiro atoms. The topological polar surface area (TPSA) is 17.1 Å². The van der Waals surface area contributed by atoms with Gasteiger partial charge in [-0.05, 0) is 0 Å². The fraction of sp³-hybridized carbons (Fsp3) is 0.0732. The van der Waals surface area contributed by atoms with Gasteiger partial charge in [-0.25, -0.2) is 0 Å². The van der Waals surface area contributed by atoms with Crippen molar-refractivity contribution >= 4 is 66.4 Å². The van der Waals surface area contributed by atoms with Crippen molar-refractivity contribution in [2.45, 2.75) is 19.3 Å². The van der Waals surface area contributed by atoms with E-state index in [1.165, 1.54) is 62.4 Å². The van der Waals surface area contributed by atoms with Crippen LogP contribution in [0.25, 0.3) is 38.7 Å². The first-order valence-electron chi connectivity index (χ1n) is 15.3. The van der Waals surface area contributed by atoms with Gasteiger partial charge in [-0.1, -0.05) is 0 Å². The molecule has 0 radical (unpaired) electrons. The standard InChI is InChI=1S/C41H29OPSe2/c1-41(2)33-21-13-12-20-30(33)36-40(41)45-39-32(28-18-10-5-11-19-28)25-31(27-16-8-4-9-17-27)38-37(39)43(36,42)34-23-22-29(24-35(34)44-38)26-14-6-3-7-15-26/h3-25H,1-2H3. The second kappa shape index (κ2) is 10.2. The average molecular weight is 727 g/mol. The Balaban J connectivity index is 1.42. The first kappa shape index (κ1) is 27.6. The van der Waals surface area contributed by atoms with E-state index >= 15 is 4.57 Å². The van der Waals surface area contributed by atoms with Gasteiger partial charge in [-0.15, -0.1) is 0 Å². The summed E-state index contributed by atoms with van der Waals surface area (Å²) < 4.78 is 22.0. The van der Waals surface area contributed by atoms with Gasteiger partial charge in [0.25, 0.3) is 0 Å². The van der Waals surface area contributed by atoms with Crippen LogP contribution in [0, 0.1) is 0 Å². The van der Waals surface area contributed by atoms with Crippen molar-refractivity contribution < 1.29 is 4.57 Å². The monoisotopic (exact) mass is 728 g/mol. The van der Waals surface area contributed by atoms with E-state index in [0.29, 0.717) is 0 Å². The molecule has 2 heterocycles. The quantitative estimate of drug-likeness (QED) is 0.142. The van der Waals surface area contributed by atoms with Crippen LogP contribution >= 0.6 is 7.14 Å². The van der Waals surface area contributed by atoms with Crippen molar-refractivity contribution in [1.29, 1.82) is 0 Å². The number of fused-ring (bicyclic) bond motifs is 5. The molecule has 0 aromatic heterocycles. The molecule has 0 bridgehead atoms. The summed E-state index contributed by atoms with van der Waals surface area (Å²) >= 11 is 0.00803. The fourth-order valence-electron chi connectivity index (χ4n) is 7.29. The van der Waals surface area contributed by atoms with Crippen molar-refractivity contribution in [1.82, 2.24) is 0 Å². The molecular weight excluding hydrogens is 697 g/mol. The van der Waals surface area contributed by atoms with Gasteiger partial charge in [0.2, 0.25) is 0 Å². The Morgan fingerprint density at radius 3 is 1.73 bits per heavy atom. The van der Waals surface area contributed by atoms with Gasteiger partial charge in [-0.3, -0.25) is 0 Å². The van der Waals surface area contributed by atoms with E-state index in [2.05, 4.69) is 153 Å². The van der Waals surface area contributed by atoms with Gasteiger partial charge in [0.05, 0.1) is 0 Å². The van der Waals surface area contributed by atoms with Gasteiger partial charge in [0, 0.05) is 0 Å². The minimum absolute atomic E-state index is 0.0136. The van der Waals surface area contributed by atoms with Crippen molar-refractivity contribution in [3.05, 3.63) is 155 Å². The number of allylic oxidation sites excluding steroid dienone is 1. The maximum absolute atomic E-state index is 16.8. The summed E-state index contributed by atoms with van der Waals surface area (Å²) in [5.74, 6) is 0. The Morgan fingerprint density at radius 1 is 0.533 bits per heavy atom. The molecule has 1 unspecified atom stereocenters. The van der Waals surface area contributed by atoms with Gasteiger partial charge >= 0.3 is 279 Å². The molecule has 0 saturated carbocycles. The van der Waals surface area contributed by atoms with Crippen LogP contribution in [0.4, 0.5) is 0 Å². The molecule has 0 amide bonds. The molecule has 1 nitrogen and oxygen atoms in total. The zero-order valence-electron chi connectivity index (χ0n) is 25.0. The third-order valence-electron chi connectivity index (χ3n) is 9.47. The zero-order chi connectivity index (χ0) is 30.3. The van der Waals surface area contributed by atoms with Crippen molar-refractivity contribution in [3.8, 4) is 33.4 Å². The van der Waals surface area contributed by atoms with Gasteiger partial charge in [0.15, 0.2) is 0 Å². The molecular formula is C41H29OPSe2. The van der Waals surface area contributed by atoms with Crippen molar-refractivity contribution in [3.63, 3.8) is 0 Å². The normalized spacial score (nSPS) is 18.5. The number of hydrogen-bond acceptors (Lipinski definition) is 1. The summed E-state index contributed by atoms with van der Waals surface area (Å²) in [6, 6.07) is 50.1. The zero-order valence-corrected chi connectivity index (χ0v) is 29.3. The molecule has 1 atom stereocenters. The van der Waals surface area contributed by atoms with Crippen LogP contribution in [0.1, 0.15) is 25.0 Å². The summed E-state index contributed by atoms with van der Waals surface area (Å²) in [6.45, 7) is 4.70. The van der Waals surface area contributed by atoms with E-state index in [1.54, 1.807) is 0 Å². The molecule has 6 aromatic rings. The van der Waals surface area contributed by atoms with Crippen LogP contribution in [0.5, 0.6) is 0 Å². The average Bonchev–Trinajstić information content (AvgIpc) is 3.32. The summed E-state index contributed by atoms with van der Waals surface area (Å²) in [7, 11) is -3.24. The maximum atomic E-state index is 16.8. The fourth-order valence-corrected chi connectivity index (χ4v) is 20.0. The molecule has 0 saturated heterocycles. The van der Waals surface area contributed by atoms with Crippen molar-refractivity contribution in [2.24, 2.45) is 0 Å². The molecule has 1 aliphatic carbocycles. The van der Waals surface area contributed by atoms with Crippen LogP contribution in [-0.4, -0.2) is 29.9 Å². The minimum atomic E-state index is -3.24. The molecule has 3 aliphatic rings. The molecule has 0 fully saturated rings. The Bertz CT molecular complexity index is 2250. The van der Waals surface area contributed by atoms with Gasteiger partial charge in [-0.2, -0.15) is 0 Å². The van der Waals surface area contributed by atoms with Crippen LogP contribution in [0.2, 0.25) is 0 Å². The molecule has 45 heavy (non-hydrogen) atoms. The summed E-state index contributed by atoms with van der Waals surface area (Å²) in [4.78, 5) is 0. The second-order valence-corrected chi connectivity index (χ2v) is 19.4. The van der Waals surface area contributed by atoms with Crippen LogP contribution < -0.4 is 24.0 Å². The van der Waals surface area contributed by atoms with Crippen molar-refractivity contribution in [2.75, 3.05) is 0 Å². The Hall–Kier alpha value is -3.67. The molecule has 2 aliphatic heterocycles. The molecule has 0 N–H and O–H groups in total. The SMILES string of the molecule is CC1(C)C2=C(c3ccccc31)P1(=O)c3ccc(-c4ccccc4)cc3[Se]c3c(-c4ccccc4)cc(-c4ccccc4)c(c31)[Se]2. The number of benzene rings is 6. The third kappa shape index (κ3) is 3.96.